The van der Waals surface area contributed by atoms with Crippen LogP contribution in [-0.4, -0.2) is 13.4 Å². The molecule has 0 amide bonds. The molecule has 0 atom stereocenters. The molecule has 0 aromatic carbocycles. The zero-order valence-corrected chi connectivity index (χ0v) is 7.53. The summed E-state index contributed by atoms with van der Waals surface area (Å²) in [6.07, 6.45) is 0.774. The maximum Gasteiger partial charge on any atom is 0.148 e. The second-order valence-electron chi connectivity index (χ2n) is 1.85. The molecule has 0 aliphatic heterocycles. The first-order chi connectivity index (χ1) is 5.22. The molecule has 11 heavy (non-hydrogen) atoms. The molecule has 0 spiro atoms. The van der Waals surface area contributed by atoms with E-state index in [1.54, 1.807) is 13.8 Å². The van der Waals surface area contributed by atoms with Crippen LogP contribution in [-0.2, 0) is 14.0 Å². The predicted octanol–water partition coefficient (Wildman–Crippen LogP) is 1.21. The highest BCUT2D eigenvalue weighted by Gasteiger charge is 1.94. The molecule has 0 aliphatic rings. The predicted molar refractivity (Wildman–Crippen MR) is 43.3 cm³/mol. The van der Waals surface area contributed by atoms with Crippen LogP contribution in [0.25, 0.3) is 0 Å². The van der Waals surface area contributed by atoms with Gasteiger partial charge >= 0.3 is 0 Å². The van der Waals surface area contributed by atoms with Gasteiger partial charge in [-0.1, -0.05) is 0 Å². The topological polar surface area (TPSA) is 47.6 Å². The zero-order valence-electron chi connectivity index (χ0n) is 6.71. The third-order valence-corrected chi connectivity index (χ3v) is 1.66. The van der Waals surface area contributed by atoms with Crippen molar-refractivity contribution in [2.75, 3.05) is 7.11 Å². The molecule has 0 fully saturated rings. The summed E-state index contributed by atoms with van der Waals surface area (Å²) >= 11 is 0.916. The minimum absolute atomic E-state index is 0.636. The molecule has 0 aromatic heterocycles. The van der Waals surface area contributed by atoms with Crippen LogP contribution < -0.4 is 4.72 Å². The molecule has 0 saturated heterocycles. The van der Waals surface area contributed by atoms with Crippen molar-refractivity contribution < 1.29 is 14.0 Å². The highest BCUT2D eigenvalue weighted by Crippen LogP contribution is 2.03. The molecule has 0 radical (unpaired) electrons. The minimum atomic E-state index is 0.636. The van der Waals surface area contributed by atoms with E-state index >= 15 is 0 Å². The molecule has 64 valence electrons. The summed E-state index contributed by atoms with van der Waals surface area (Å²) < 4.78 is 7.21. The number of carbonyl (C=O) groups excluding carboxylic acids is 1. The van der Waals surface area contributed by atoms with Crippen molar-refractivity contribution in [3.8, 4) is 0 Å². The molecule has 0 bridgehead atoms. The van der Waals surface area contributed by atoms with Crippen molar-refractivity contribution in [1.29, 1.82) is 0 Å². The Kier molecular flexibility index (Phi) is 5.91. The largest absolute Gasteiger partial charge is 0.308 e. The van der Waals surface area contributed by atoms with Gasteiger partial charge in [-0.2, -0.15) is 0 Å². The number of carbonyl (C=O) groups is 1. The summed E-state index contributed by atoms with van der Waals surface area (Å²) in [5.74, 6) is 0. The van der Waals surface area contributed by atoms with Crippen LogP contribution in [0.4, 0.5) is 0 Å². The Balaban J connectivity index is 3.67. The minimum Gasteiger partial charge on any atom is -0.308 e. The second-order valence-corrected chi connectivity index (χ2v) is 2.35. The third kappa shape index (κ3) is 4.83. The smallest absolute Gasteiger partial charge is 0.148 e. The fourth-order valence-corrected chi connectivity index (χ4v) is 0.670. The lowest BCUT2D eigenvalue weighted by molar-refractivity contribution is -0.160. The average Bonchev–Trinajstić information content (AvgIpc) is 2.03. The zero-order chi connectivity index (χ0) is 8.69. The van der Waals surface area contributed by atoms with Crippen molar-refractivity contribution in [3.63, 3.8) is 0 Å². The molecular formula is C6H11NO3S. The highest BCUT2D eigenvalue weighted by molar-refractivity contribution is 7.92. The molecule has 0 heterocycles. The van der Waals surface area contributed by atoms with E-state index < -0.39 is 0 Å². The lowest BCUT2D eigenvalue weighted by Gasteiger charge is -2.03. The molecular weight excluding hydrogens is 166 g/mol. The van der Waals surface area contributed by atoms with E-state index in [1.807, 2.05) is 0 Å². The summed E-state index contributed by atoms with van der Waals surface area (Å²) in [6, 6.07) is 0. The van der Waals surface area contributed by atoms with E-state index in [9.17, 15) is 4.79 Å². The number of rotatable bonds is 5. The SMILES string of the molecule is COOSNC(C)=C(C)C=O. The van der Waals surface area contributed by atoms with Crippen molar-refractivity contribution in [1.82, 2.24) is 4.72 Å². The van der Waals surface area contributed by atoms with Gasteiger partial charge in [0.25, 0.3) is 0 Å². The monoisotopic (exact) mass is 177 g/mol. The lowest BCUT2D eigenvalue weighted by Crippen LogP contribution is -2.03. The first-order valence-electron chi connectivity index (χ1n) is 2.97. The molecule has 5 heteroatoms. The lowest BCUT2D eigenvalue weighted by atomic mass is 10.3. The Bertz CT molecular complexity index is 158. The van der Waals surface area contributed by atoms with E-state index in [0.29, 0.717) is 5.57 Å². The number of nitrogens with one attached hydrogen (secondary N) is 1. The molecule has 4 nitrogen and oxygen atoms in total. The van der Waals surface area contributed by atoms with E-state index in [1.165, 1.54) is 7.11 Å². The van der Waals surface area contributed by atoms with Gasteiger partial charge in [0.2, 0.25) is 0 Å². The fraction of sp³-hybridized carbons (Fsp3) is 0.500. The first kappa shape index (κ1) is 10.5. The molecule has 0 rings (SSSR count). The number of aldehydes is 1. The summed E-state index contributed by atoms with van der Waals surface area (Å²) in [7, 11) is 1.40. The molecule has 0 aromatic rings. The second kappa shape index (κ2) is 6.21. The summed E-state index contributed by atoms with van der Waals surface area (Å²) in [6.45, 7) is 3.48. The van der Waals surface area contributed by atoms with Crippen LogP contribution in [0.15, 0.2) is 11.3 Å². The summed E-state index contributed by atoms with van der Waals surface area (Å²) in [5.41, 5.74) is 1.39. The quantitative estimate of drug-likeness (QED) is 0.130. The van der Waals surface area contributed by atoms with E-state index in [-0.39, 0.29) is 0 Å². The number of hydrogen-bond donors (Lipinski definition) is 1. The van der Waals surface area contributed by atoms with Gasteiger partial charge < -0.3 is 4.72 Å². The number of allylic oxidation sites excluding steroid dienone is 2. The molecule has 0 aliphatic carbocycles. The van der Waals surface area contributed by atoms with Crippen LogP contribution in [0.5, 0.6) is 0 Å². The van der Waals surface area contributed by atoms with Crippen LogP contribution in [0.1, 0.15) is 13.8 Å². The van der Waals surface area contributed by atoms with Crippen molar-refractivity contribution in [2.24, 2.45) is 0 Å². The standard InChI is InChI=1S/C6H11NO3S/c1-5(4-8)6(2)7-11-10-9-3/h4,7H,1-3H3. The first-order valence-corrected chi connectivity index (χ1v) is 3.71. The van der Waals surface area contributed by atoms with Gasteiger partial charge in [0.1, 0.15) is 18.5 Å². The van der Waals surface area contributed by atoms with Gasteiger partial charge in [0, 0.05) is 11.3 Å². The van der Waals surface area contributed by atoms with Gasteiger partial charge in [-0.05, 0) is 13.8 Å². The van der Waals surface area contributed by atoms with Crippen molar-refractivity contribution >= 4 is 18.5 Å². The summed E-state index contributed by atoms with van der Waals surface area (Å²) in [5, 5.41) is 0. The van der Waals surface area contributed by atoms with Gasteiger partial charge in [-0.3, -0.25) is 4.79 Å². The Morgan fingerprint density at radius 3 is 2.64 bits per heavy atom. The Morgan fingerprint density at radius 2 is 2.18 bits per heavy atom. The van der Waals surface area contributed by atoms with E-state index in [2.05, 4.69) is 13.9 Å². The Labute approximate surface area is 70.2 Å². The Hall–Kier alpha value is -0.520. The third-order valence-electron chi connectivity index (χ3n) is 1.07. The fourth-order valence-electron chi connectivity index (χ4n) is 0.282. The maximum atomic E-state index is 10.2. The maximum absolute atomic E-state index is 10.2. The normalized spacial score (nSPS) is 12.3. The van der Waals surface area contributed by atoms with Gasteiger partial charge in [0.05, 0.1) is 7.11 Å². The molecule has 0 unspecified atom stereocenters. The molecule has 0 saturated carbocycles. The molecule has 1 N–H and O–H groups in total. The summed E-state index contributed by atoms with van der Waals surface area (Å²) in [4.78, 5) is 14.5. The van der Waals surface area contributed by atoms with E-state index in [4.69, 9.17) is 0 Å². The van der Waals surface area contributed by atoms with Crippen LogP contribution >= 0.6 is 12.2 Å². The Morgan fingerprint density at radius 1 is 1.55 bits per heavy atom. The van der Waals surface area contributed by atoms with Crippen LogP contribution in [0, 0.1) is 0 Å². The average molecular weight is 177 g/mol. The van der Waals surface area contributed by atoms with Crippen molar-refractivity contribution in [2.45, 2.75) is 13.8 Å². The van der Waals surface area contributed by atoms with Gasteiger partial charge in [-0.25, -0.2) is 4.89 Å². The number of hydrogen-bond acceptors (Lipinski definition) is 5. The van der Waals surface area contributed by atoms with Gasteiger partial charge in [-0.15, -0.1) is 4.33 Å². The van der Waals surface area contributed by atoms with Crippen LogP contribution in [0.3, 0.4) is 0 Å². The van der Waals surface area contributed by atoms with Crippen molar-refractivity contribution in [3.05, 3.63) is 11.3 Å². The van der Waals surface area contributed by atoms with Gasteiger partial charge in [0.15, 0.2) is 0 Å². The van der Waals surface area contributed by atoms with E-state index in [0.717, 1.165) is 24.2 Å². The highest BCUT2D eigenvalue weighted by atomic mass is 32.2. The van der Waals surface area contributed by atoms with Crippen LogP contribution in [0.2, 0.25) is 0 Å².